The number of hydrazine groups is 1. The second-order valence-electron chi connectivity index (χ2n) is 3.88. The molecule has 0 radical (unpaired) electrons. The Labute approximate surface area is 131 Å². The Morgan fingerprint density at radius 2 is 2.10 bits per heavy atom. The van der Waals surface area contributed by atoms with E-state index in [2.05, 4.69) is 20.6 Å². The number of nitrogens with zero attached hydrogens (tertiary/aromatic N) is 1. The van der Waals surface area contributed by atoms with E-state index in [1.807, 2.05) is 42.7 Å². The third kappa shape index (κ3) is 4.57. The molecule has 2 rings (SSSR count). The van der Waals surface area contributed by atoms with Crippen LogP contribution in [0.4, 0.5) is 10.5 Å². The predicted molar refractivity (Wildman–Crippen MR) is 85.7 cm³/mol. The summed E-state index contributed by atoms with van der Waals surface area (Å²) in [6.45, 7) is 0. The van der Waals surface area contributed by atoms with Crippen LogP contribution in [0.5, 0.6) is 0 Å². The standard InChI is InChI=1S/C14H15N3O2S2/c1-19-14(18)17-16-10-6-7-11(12(9-10)20-2)21-13-5-3-4-8-15-13/h3-9,16H,1-2H3,(H,17,18). The molecule has 0 unspecified atom stereocenters. The lowest BCUT2D eigenvalue weighted by atomic mass is 10.3. The highest BCUT2D eigenvalue weighted by Gasteiger charge is 2.07. The van der Waals surface area contributed by atoms with Gasteiger partial charge in [-0.25, -0.2) is 15.2 Å². The maximum Gasteiger partial charge on any atom is 0.425 e. The molecule has 0 aliphatic rings. The maximum absolute atomic E-state index is 11.0. The Bertz CT molecular complexity index is 608. The Morgan fingerprint density at radius 3 is 2.76 bits per heavy atom. The summed E-state index contributed by atoms with van der Waals surface area (Å²) in [6.07, 6.45) is 3.25. The summed E-state index contributed by atoms with van der Waals surface area (Å²) in [4.78, 5) is 17.6. The number of thioether (sulfide) groups is 1. The maximum atomic E-state index is 11.0. The molecule has 0 atom stereocenters. The minimum atomic E-state index is -0.535. The monoisotopic (exact) mass is 321 g/mol. The van der Waals surface area contributed by atoms with Gasteiger partial charge in [0, 0.05) is 16.0 Å². The molecule has 1 aromatic carbocycles. The van der Waals surface area contributed by atoms with Crippen LogP contribution >= 0.6 is 23.5 Å². The molecule has 0 bridgehead atoms. The lowest BCUT2D eigenvalue weighted by molar-refractivity contribution is 0.173. The SMILES string of the molecule is COC(=O)NNc1ccc(Sc2ccccn2)c(SC)c1. The van der Waals surface area contributed by atoms with Crippen LogP contribution in [0.3, 0.4) is 0 Å². The van der Waals surface area contributed by atoms with Crippen LogP contribution in [0.25, 0.3) is 0 Å². The number of pyridine rings is 1. The van der Waals surface area contributed by atoms with Gasteiger partial charge in [-0.3, -0.25) is 5.43 Å². The van der Waals surface area contributed by atoms with E-state index in [9.17, 15) is 4.79 Å². The topological polar surface area (TPSA) is 63.2 Å². The molecule has 21 heavy (non-hydrogen) atoms. The smallest absolute Gasteiger partial charge is 0.425 e. The minimum Gasteiger partial charge on any atom is -0.452 e. The number of carbonyl (C=O) groups excluding carboxylic acids is 1. The lowest BCUT2D eigenvalue weighted by Crippen LogP contribution is -2.28. The van der Waals surface area contributed by atoms with Crippen molar-refractivity contribution < 1.29 is 9.53 Å². The Morgan fingerprint density at radius 1 is 1.24 bits per heavy atom. The van der Waals surface area contributed by atoms with Crippen molar-refractivity contribution in [1.82, 2.24) is 10.4 Å². The third-order valence-electron chi connectivity index (χ3n) is 2.51. The number of nitrogens with one attached hydrogen (secondary N) is 2. The molecule has 2 aromatic rings. The first kappa shape index (κ1) is 15.5. The van der Waals surface area contributed by atoms with Crippen LogP contribution in [0.2, 0.25) is 0 Å². The molecular formula is C14H15N3O2S2. The molecule has 0 aliphatic carbocycles. The summed E-state index contributed by atoms with van der Waals surface area (Å²) in [5, 5.41) is 0.946. The van der Waals surface area contributed by atoms with Crippen LogP contribution in [0, 0.1) is 0 Å². The Balaban J connectivity index is 2.11. The van der Waals surface area contributed by atoms with Gasteiger partial charge in [0.1, 0.15) is 5.03 Å². The zero-order chi connectivity index (χ0) is 15.1. The number of amides is 1. The molecule has 0 saturated heterocycles. The molecule has 5 nitrogen and oxygen atoms in total. The number of methoxy groups -OCH3 is 1. The molecule has 7 heteroatoms. The van der Waals surface area contributed by atoms with Gasteiger partial charge in [-0.05, 0) is 36.6 Å². The summed E-state index contributed by atoms with van der Waals surface area (Å²) in [6, 6.07) is 11.7. The van der Waals surface area contributed by atoms with Crippen molar-refractivity contribution in [3.05, 3.63) is 42.6 Å². The molecule has 0 saturated carbocycles. The van der Waals surface area contributed by atoms with Gasteiger partial charge in [0.15, 0.2) is 0 Å². The summed E-state index contributed by atoms with van der Waals surface area (Å²) in [5.41, 5.74) is 6.02. The van der Waals surface area contributed by atoms with Crippen molar-refractivity contribution in [3.63, 3.8) is 0 Å². The van der Waals surface area contributed by atoms with Crippen LogP contribution in [0.1, 0.15) is 0 Å². The van der Waals surface area contributed by atoms with Crippen LogP contribution < -0.4 is 10.9 Å². The van der Waals surface area contributed by atoms with Gasteiger partial charge in [0.2, 0.25) is 0 Å². The Hall–Kier alpha value is -1.86. The molecule has 0 fully saturated rings. The van der Waals surface area contributed by atoms with Crippen molar-refractivity contribution in [2.45, 2.75) is 14.8 Å². The molecule has 110 valence electrons. The zero-order valence-corrected chi connectivity index (χ0v) is 13.3. The third-order valence-corrected chi connectivity index (χ3v) is 4.44. The van der Waals surface area contributed by atoms with Gasteiger partial charge in [-0.1, -0.05) is 17.8 Å². The van der Waals surface area contributed by atoms with E-state index in [1.165, 1.54) is 7.11 Å². The van der Waals surface area contributed by atoms with Gasteiger partial charge < -0.3 is 4.74 Å². The number of anilines is 1. The van der Waals surface area contributed by atoms with Gasteiger partial charge >= 0.3 is 6.09 Å². The number of rotatable bonds is 5. The molecule has 0 aliphatic heterocycles. The number of hydrogen-bond donors (Lipinski definition) is 2. The number of benzene rings is 1. The van der Waals surface area contributed by atoms with Crippen molar-refractivity contribution >= 4 is 35.3 Å². The lowest BCUT2D eigenvalue weighted by Gasteiger charge is -2.11. The van der Waals surface area contributed by atoms with E-state index in [4.69, 9.17) is 0 Å². The minimum absolute atomic E-state index is 0.535. The number of carbonyl (C=O) groups is 1. The number of aromatic nitrogens is 1. The molecule has 1 aromatic heterocycles. The van der Waals surface area contributed by atoms with Crippen molar-refractivity contribution in [2.24, 2.45) is 0 Å². The highest BCUT2D eigenvalue weighted by Crippen LogP contribution is 2.35. The Kier molecular flexibility index (Phi) is 5.77. The average Bonchev–Trinajstić information content (AvgIpc) is 2.54. The van der Waals surface area contributed by atoms with E-state index in [0.29, 0.717) is 0 Å². The summed E-state index contributed by atoms with van der Waals surface area (Å²) in [5.74, 6) is 0. The molecule has 1 amide bonds. The first-order chi connectivity index (χ1) is 10.2. The fourth-order valence-electron chi connectivity index (χ4n) is 1.52. The molecule has 2 N–H and O–H groups in total. The van der Waals surface area contributed by atoms with Gasteiger partial charge in [0.25, 0.3) is 0 Å². The number of hydrogen-bond acceptors (Lipinski definition) is 6. The van der Waals surface area contributed by atoms with Crippen molar-refractivity contribution in [2.75, 3.05) is 18.8 Å². The average molecular weight is 321 g/mol. The van der Waals surface area contributed by atoms with E-state index >= 15 is 0 Å². The fourth-order valence-corrected chi connectivity index (χ4v) is 3.19. The highest BCUT2D eigenvalue weighted by atomic mass is 32.2. The molecule has 1 heterocycles. The van der Waals surface area contributed by atoms with E-state index < -0.39 is 6.09 Å². The quantitative estimate of drug-likeness (QED) is 0.647. The summed E-state index contributed by atoms with van der Waals surface area (Å²) < 4.78 is 4.50. The largest absolute Gasteiger partial charge is 0.452 e. The van der Waals surface area contributed by atoms with Crippen LogP contribution in [-0.2, 0) is 4.74 Å². The first-order valence-electron chi connectivity index (χ1n) is 6.10. The first-order valence-corrected chi connectivity index (χ1v) is 8.14. The highest BCUT2D eigenvalue weighted by molar-refractivity contribution is 8.02. The van der Waals surface area contributed by atoms with Crippen LogP contribution in [-0.4, -0.2) is 24.4 Å². The fraction of sp³-hybridized carbons (Fsp3) is 0.143. The zero-order valence-electron chi connectivity index (χ0n) is 11.6. The number of ether oxygens (including phenoxy) is 1. The summed E-state index contributed by atoms with van der Waals surface area (Å²) in [7, 11) is 1.32. The predicted octanol–water partition coefficient (Wildman–Crippen LogP) is 3.64. The second-order valence-corrected chi connectivity index (χ2v) is 5.79. The van der Waals surface area contributed by atoms with Crippen molar-refractivity contribution in [3.8, 4) is 0 Å². The van der Waals surface area contributed by atoms with E-state index in [1.54, 1.807) is 29.7 Å². The van der Waals surface area contributed by atoms with Gasteiger partial charge in [-0.2, -0.15) is 0 Å². The van der Waals surface area contributed by atoms with E-state index in [-0.39, 0.29) is 0 Å². The summed E-state index contributed by atoms with van der Waals surface area (Å²) >= 11 is 3.24. The molecule has 0 spiro atoms. The van der Waals surface area contributed by atoms with Gasteiger partial charge in [0.05, 0.1) is 12.8 Å². The van der Waals surface area contributed by atoms with Gasteiger partial charge in [-0.15, -0.1) is 11.8 Å². The van der Waals surface area contributed by atoms with E-state index in [0.717, 1.165) is 20.5 Å². The van der Waals surface area contributed by atoms with Crippen LogP contribution in [0.15, 0.2) is 57.4 Å². The second kappa shape index (κ2) is 7.80. The van der Waals surface area contributed by atoms with Crippen molar-refractivity contribution in [1.29, 1.82) is 0 Å². The normalized spacial score (nSPS) is 10.0. The molecular weight excluding hydrogens is 306 g/mol.